The van der Waals surface area contributed by atoms with Crippen LogP contribution in [0.4, 0.5) is 11.4 Å². The summed E-state index contributed by atoms with van der Waals surface area (Å²) < 4.78 is 0.953. The minimum atomic E-state index is -0.104. The van der Waals surface area contributed by atoms with Crippen LogP contribution in [0.15, 0.2) is 40.9 Å². The third-order valence-corrected chi connectivity index (χ3v) is 3.54. The van der Waals surface area contributed by atoms with Gasteiger partial charge >= 0.3 is 0 Å². The number of hydrogen-bond donors (Lipinski definition) is 2. The number of amides is 1. The van der Waals surface area contributed by atoms with Crippen molar-refractivity contribution in [2.24, 2.45) is 0 Å². The van der Waals surface area contributed by atoms with E-state index in [1.807, 2.05) is 57.2 Å². The lowest BCUT2D eigenvalue weighted by Gasteiger charge is -2.12. The molecule has 110 valence electrons. The van der Waals surface area contributed by atoms with Gasteiger partial charge in [0.15, 0.2) is 0 Å². The Hall–Kier alpha value is -1.81. The molecule has 0 bridgehead atoms. The first-order valence-electron chi connectivity index (χ1n) is 6.92. The molecular formula is C17H19BrN2O. The zero-order valence-electron chi connectivity index (χ0n) is 12.5. The number of rotatable bonds is 4. The highest BCUT2D eigenvalue weighted by Gasteiger charge is 2.12. The van der Waals surface area contributed by atoms with E-state index in [0.29, 0.717) is 5.56 Å². The number of benzene rings is 2. The average Bonchev–Trinajstić information content (AvgIpc) is 2.39. The van der Waals surface area contributed by atoms with Gasteiger partial charge in [-0.05, 0) is 56.7 Å². The molecule has 0 aliphatic carbocycles. The molecule has 2 aromatic rings. The van der Waals surface area contributed by atoms with Crippen molar-refractivity contribution in [1.29, 1.82) is 0 Å². The number of nitrogens with one attached hydrogen (secondary N) is 2. The van der Waals surface area contributed by atoms with Gasteiger partial charge in [0, 0.05) is 22.4 Å². The number of aryl methyl sites for hydroxylation is 2. The van der Waals surface area contributed by atoms with E-state index in [2.05, 4.69) is 26.6 Å². The molecule has 0 atom stereocenters. The summed E-state index contributed by atoms with van der Waals surface area (Å²) in [7, 11) is 0. The number of anilines is 2. The molecule has 4 heteroatoms. The summed E-state index contributed by atoms with van der Waals surface area (Å²) in [6, 6.07) is 11.7. The van der Waals surface area contributed by atoms with E-state index in [4.69, 9.17) is 0 Å². The second-order valence-corrected chi connectivity index (χ2v) is 5.97. The lowest BCUT2D eigenvalue weighted by molar-refractivity contribution is 0.102. The monoisotopic (exact) mass is 346 g/mol. The standard InChI is InChI=1S/C17H19BrN2O/c1-4-19-16-6-5-11(2)9-15(16)17(21)20-14-8-12(3)7-13(18)10-14/h5-10,19H,4H2,1-3H3,(H,20,21). The van der Waals surface area contributed by atoms with Gasteiger partial charge in [0.2, 0.25) is 0 Å². The normalized spacial score (nSPS) is 10.3. The van der Waals surface area contributed by atoms with Crippen molar-refractivity contribution < 1.29 is 4.79 Å². The zero-order valence-corrected chi connectivity index (χ0v) is 14.0. The SMILES string of the molecule is CCNc1ccc(C)cc1C(=O)Nc1cc(C)cc(Br)c1. The van der Waals surface area contributed by atoms with E-state index in [0.717, 1.165) is 33.5 Å². The number of hydrogen-bond acceptors (Lipinski definition) is 2. The molecule has 0 unspecified atom stereocenters. The Labute approximate surface area is 133 Å². The highest BCUT2D eigenvalue weighted by Crippen LogP contribution is 2.22. The predicted octanol–water partition coefficient (Wildman–Crippen LogP) is 4.75. The zero-order chi connectivity index (χ0) is 15.4. The van der Waals surface area contributed by atoms with Crippen LogP contribution >= 0.6 is 15.9 Å². The van der Waals surface area contributed by atoms with Crippen LogP contribution in [0.5, 0.6) is 0 Å². The fraction of sp³-hybridized carbons (Fsp3) is 0.235. The Morgan fingerprint density at radius 1 is 1.10 bits per heavy atom. The first kappa shape index (κ1) is 15.6. The lowest BCUT2D eigenvalue weighted by atomic mass is 10.1. The summed E-state index contributed by atoms with van der Waals surface area (Å²) in [6.07, 6.45) is 0. The molecule has 2 N–H and O–H groups in total. The first-order valence-corrected chi connectivity index (χ1v) is 7.72. The second kappa shape index (κ2) is 6.76. The number of carbonyl (C=O) groups is 1. The molecule has 3 nitrogen and oxygen atoms in total. The molecule has 0 aliphatic rings. The molecule has 0 aromatic heterocycles. The van der Waals surface area contributed by atoms with E-state index < -0.39 is 0 Å². The minimum Gasteiger partial charge on any atom is -0.385 e. The van der Waals surface area contributed by atoms with Gasteiger partial charge in [-0.3, -0.25) is 4.79 Å². The molecule has 2 aromatic carbocycles. The van der Waals surface area contributed by atoms with Gasteiger partial charge in [0.1, 0.15) is 0 Å². The summed E-state index contributed by atoms with van der Waals surface area (Å²) in [6.45, 7) is 6.77. The molecule has 0 radical (unpaired) electrons. The van der Waals surface area contributed by atoms with Crippen molar-refractivity contribution in [1.82, 2.24) is 0 Å². The molecule has 0 spiro atoms. The van der Waals surface area contributed by atoms with Gasteiger partial charge in [-0.2, -0.15) is 0 Å². The van der Waals surface area contributed by atoms with Crippen LogP contribution in [-0.4, -0.2) is 12.5 Å². The van der Waals surface area contributed by atoms with Crippen LogP contribution < -0.4 is 10.6 Å². The fourth-order valence-electron chi connectivity index (χ4n) is 2.20. The van der Waals surface area contributed by atoms with Crippen molar-refractivity contribution in [2.75, 3.05) is 17.2 Å². The Bertz CT molecular complexity index is 648. The maximum Gasteiger partial charge on any atom is 0.257 e. The van der Waals surface area contributed by atoms with Crippen LogP contribution in [0, 0.1) is 13.8 Å². The molecule has 0 aliphatic heterocycles. The Morgan fingerprint density at radius 3 is 2.52 bits per heavy atom. The molecule has 2 rings (SSSR count). The molecule has 21 heavy (non-hydrogen) atoms. The summed E-state index contributed by atoms with van der Waals surface area (Å²) in [4.78, 5) is 12.5. The lowest BCUT2D eigenvalue weighted by Crippen LogP contribution is -2.15. The van der Waals surface area contributed by atoms with Crippen LogP contribution in [0.2, 0.25) is 0 Å². The van der Waals surface area contributed by atoms with Crippen LogP contribution in [0.1, 0.15) is 28.4 Å². The van der Waals surface area contributed by atoms with E-state index in [-0.39, 0.29) is 5.91 Å². The fourth-order valence-corrected chi connectivity index (χ4v) is 2.81. The average molecular weight is 347 g/mol. The summed E-state index contributed by atoms with van der Waals surface area (Å²) in [5.74, 6) is -0.104. The van der Waals surface area contributed by atoms with Gasteiger partial charge in [-0.25, -0.2) is 0 Å². The highest BCUT2D eigenvalue weighted by atomic mass is 79.9. The maximum absolute atomic E-state index is 12.5. The molecule has 0 saturated heterocycles. The Balaban J connectivity index is 2.29. The van der Waals surface area contributed by atoms with Gasteiger partial charge in [0.05, 0.1) is 5.56 Å². The quantitative estimate of drug-likeness (QED) is 0.838. The summed E-state index contributed by atoms with van der Waals surface area (Å²) in [5.41, 5.74) is 4.46. The van der Waals surface area contributed by atoms with Crippen molar-refractivity contribution >= 4 is 33.2 Å². The van der Waals surface area contributed by atoms with E-state index in [1.165, 1.54) is 0 Å². The molecule has 0 saturated carbocycles. The van der Waals surface area contributed by atoms with Gasteiger partial charge < -0.3 is 10.6 Å². The summed E-state index contributed by atoms with van der Waals surface area (Å²) in [5, 5.41) is 6.18. The third-order valence-electron chi connectivity index (χ3n) is 3.09. The van der Waals surface area contributed by atoms with Crippen LogP contribution in [0.25, 0.3) is 0 Å². The number of halogens is 1. The number of carbonyl (C=O) groups excluding carboxylic acids is 1. The van der Waals surface area contributed by atoms with E-state index in [1.54, 1.807) is 0 Å². The van der Waals surface area contributed by atoms with Crippen molar-refractivity contribution in [3.05, 3.63) is 57.6 Å². The third kappa shape index (κ3) is 4.08. The van der Waals surface area contributed by atoms with Crippen molar-refractivity contribution in [3.8, 4) is 0 Å². The predicted molar refractivity (Wildman–Crippen MR) is 92.2 cm³/mol. The molecule has 0 fully saturated rings. The maximum atomic E-state index is 12.5. The molecule has 1 amide bonds. The van der Waals surface area contributed by atoms with Gasteiger partial charge in [0.25, 0.3) is 5.91 Å². The van der Waals surface area contributed by atoms with E-state index in [9.17, 15) is 4.79 Å². The van der Waals surface area contributed by atoms with Crippen molar-refractivity contribution in [3.63, 3.8) is 0 Å². The first-order chi connectivity index (χ1) is 9.99. The van der Waals surface area contributed by atoms with Gasteiger partial charge in [-0.15, -0.1) is 0 Å². The smallest absolute Gasteiger partial charge is 0.257 e. The largest absolute Gasteiger partial charge is 0.385 e. The van der Waals surface area contributed by atoms with Crippen molar-refractivity contribution in [2.45, 2.75) is 20.8 Å². The highest BCUT2D eigenvalue weighted by molar-refractivity contribution is 9.10. The second-order valence-electron chi connectivity index (χ2n) is 5.05. The summed E-state index contributed by atoms with van der Waals surface area (Å²) >= 11 is 3.45. The van der Waals surface area contributed by atoms with Crippen LogP contribution in [0.3, 0.4) is 0 Å². The topological polar surface area (TPSA) is 41.1 Å². The minimum absolute atomic E-state index is 0.104. The molecular weight excluding hydrogens is 328 g/mol. The van der Waals surface area contributed by atoms with Crippen LogP contribution in [-0.2, 0) is 0 Å². The Kier molecular flexibility index (Phi) is 5.02. The Morgan fingerprint density at radius 2 is 1.86 bits per heavy atom. The van der Waals surface area contributed by atoms with E-state index >= 15 is 0 Å². The molecule has 0 heterocycles. The van der Waals surface area contributed by atoms with Gasteiger partial charge in [-0.1, -0.05) is 27.6 Å².